The number of carbonyl (C=O) groups excluding carboxylic acids is 1. The molecule has 5 nitrogen and oxygen atoms in total. The fraction of sp³-hybridized carbons (Fsp3) is 0.294. The number of benzene rings is 1. The molecule has 2 aromatic rings. The molecule has 1 aromatic heterocycles. The van der Waals surface area contributed by atoms with Crippen molar-refractivity contribution in [1.29, 1.82) is 0 Å². The van der Waals surface area contributed by atoms with Crippen molar-refractivity contribution < 1.29 is 14.4 Å². The first-order chi connectivity index (χ1) is 10.6. The van der Waals surface area contributed by atoms with Crippen LogP contribution in [-0.4, -0.2) is 23.8 Å². The number of aromatic nitrogens is 1. The van der Waals surface area contributed by atoms with Crippen LogP contribution in [0.15, 0.2) is 35.5 Å². The summed E-state index contributed by atoms with van der Waals surface area (Å²) < 4.78 is 5.05. The molecule has 22 heavy (non-hydrogen) atoms. The standard InChI is InChI=1S/C17H20N2O3/c1-4-21-17(20)16-12(2)15(19-13(16)3)10-18-22-11-14-8-6-5-7-9-14/h5-10,19H,4,11H2,1-3H3. The van der Waals surface area contributed by atoms with Crippen LogP contribution in [0.25, 0.3) is 0 Å². The molecule has 0 amide bonds. The highest BCUT2D eigenvalue weighted by Crippen LogP contribution is 2.17. The smallest absolute Gasteiger partial charge is 0.340 e. The Hall–Kier alpha value is -2.56. The van der Waals surface area contributed by atoms with E-state index in [0.29, 0.717) is 18.8 Å². The number of carbonyl (C=O) groups is 1. The maximum Gasteiger partial charge on any atom is 0.340 e. The van der Waals surface area contributed by atoms with Gasteiger partial charge in [-0.15, -0.1) is 0 Å². The quantitative estimate of drug-likeness (QED) is 0.505. The van der Waals surface area contributed by atoms with Crippen molar-refractivity contribution in [2.45, 2.75) is 27.4 Å². The summed E-state index contributed by atoms with van der Waals surface area (Å²) in [5, 5.41) is 3.95. The van der Waals surface area contributed by atoms with Gasteiger partial charge in [-0.05, 0) is 31.9 Å². The Morgan fingerprint density at radius 1 is 1.27 bits per heavy atom. The van der Waals surface area contributed by atoms with Gasteiger partial charge in [0.05, 0.1) is 24.1 Å². The Bertz CT molecular complexity index is 660. The fourth-order valence-corrected chi connectivity index (χ4v) is 2.19. The molecule has 0 aliphatic carbocycles. The van der Waals surface area contributed by atoms with Crippen molar-refractivity contribution in [3.63, 3.8) is 0 Å². The van der Waals surface area contributed by atoms with Gasteiger partial charge in [0.15, 0.2) is 0 Å². The molecule has 0 saturated heterocycles. The lowest BCUT2D eigenvalue weighted by atomic mass is 10.1. The number of oxime groups is 1. The second-order valence-corrected chi connectivity index (χ2v) is 4.88. The van der Waals surface area contributed by atoms with E-state index in [9.17, 15) is 4.79 Å². The zero-order chi connectivity index (χ0) is 15.9. The molecule has 0 radical (unpaired) electrons. The molecule has 0 atom stereocenters. The van der Waals surface area contributed by atoms with Gasteiger partial charge in [0.2, 0.25) is 0 Å². The van der Waals surface area contributed by atoms with Crippen LogP contribution < -0.4 is 0 Å². The summed E-state index contributed by atoms with van der Waals surface area (Å²) in [4.78, 5) is 20.3. The van der Waals surface area contributed by atoms with E-state index in [0.717, 1.165) is 22.5 Å². The number of hydrogen-bond acceptors (Lipinski definition) is 4. The summed E-state index contributed by atoms with van der Waals surface area (Å²) in [5.74, 6) is -0.321. The van der Waals surface area contributed by atoms with E-state index in [2.05, 4.69) is 10.1 Å². The van der Waals surface area contributed by atoms with E-state index in [1.165, 1.54) is 0 Å². The van der Waals surface area contributed by atoms with E-state index in [1.807, 2.05) is 44.2 Å². The number of ether oxygens (including phenoxy) is 1. The number of rotatable bonds is 6. The molecule has 0 unspecified atom stereocenters. The van der Waals surface area contributed by atoms with Gasteiger partial charge in [0, 0.05) is 5.69 Å². The lowest BCUT2D eigenvalue weighted by Crippen LogP contribution is -2.06. The maximum atomic E-state index is 11.9. The Kier molecular flexibility index (Phi) is 5.36. The van der Waals surface area contributed by atoms with Crippen LogP contribution in [-0.2, 0) is 16.2 Å². The predicted octanol–water partition coefficient (Wildman–Crippen LogP) is 3.36. The number of H-pyrrole nitrogens is 1. The summed E-state index contributed by atoms with van der Waals surface area (Å²) in [6.45, 7) is 6.23. The molecule has 1 heterocycles. The number of nitrogens with zero attached hydrogens (tertiary/aromatic N) is 1. The molecule has 1 aromatic carbocycles. The molecule has 0 spiro atoms. The number of hydrogen-bond donors (Lipinski definition) is 1. The van der Waals surface area contributed by atoms with E-state index in [-0.39, 0.29) is 5.97 Å². The zero-order valence-corrected chi connectivity index (χ0v) is 13.1. The lowest BCUT2D eigenvalue weighted by Gasteiger charge is -2.01. The first-order valence-corrected chi connectivity index (χ1v) is 7.19. The molecule has 0 aliphatic rings. The largest absolute Gasteiger partial charge is 0.462 e. The summed E-state index contributed by atoms with van der Waals surface area (Å²) in [5.41, 5.74) is 3.93. The molecule has 2 rings (SSSR count). The Labute approximate surface area is 129 Å². The molecule has 0 bridgehead atoms. The van der Waals surface area contributed by atoms with Gasteiger partial charge < -0.3 is 14.6 Å². The first kappa shape index (κ1) is 15.8. The van der Waals surface area contributed by atoms with Crippen LogP contribution in [0.4, 0.5) is 0 Å². The molecule has 0 saturated carbocycles. The minimum atomic E-state index is -0.321. The van der Waals surface area contributed by atoms with Gasteiger partial charge in [-0.1, -0.05) is 35.5 Å². The van der Waals surface area contributed by atoms with E-state index in [4.69, 9.17) is 9.57 Å². The van der Waals surface area contributed by atoms with Crippen LogP contribution in [0, 0.1) is 13.8 Å². The van der Waals surface area contributed by atoms with Gasteiger partial charge in [0.25, 0.3) is 0 Å². The van der Waals surface area contributed by atoms with Crippen LogP contribution in [0.2, 0.25) is 0 Å². The summed E-state index contributed by atoms with van der Waals surface area (Å²) in [7, 11) is 0. The summed E-state index contributed by atoms with van der Waals surface area (Å²) in [6.07, 6.45) is 1.58. The average Bonchev–Trinajstić information content (AvgIpc) is 2.79. The third kappa shape index (κ3) is 3.75. The average molecular weight is 300 g/mol. The van der Waals surface area contributed by atoms with Gasteiger partial charge >= 0.3 is 5.97 Å². The zero-order valence-electron chi connectivity index (χ0n) is 13.1. The molecule has 5 heteroatoms. The van der Waals surface area contributed by atoms with Crippen LogP contribution in [0.1, 0.15) is 39.8 Å². The predicted molar refractivity (Wildman–Crippen MR) is 85.0 cm³/mol. The topological polar surface area (TPSA) is 63.7 Å². The Morgan fingerprint density at radius 2 is 2.00 bits per heavy atom. The molecular weight excluding hydrogens is 280 g/mol. The van der Waals surface area contributed by atoms with Crippen LogP contribution >= 0.6 is 0 Å². The van der Waals surface area contributed by atoms with E-state index < -0.39 is 0 Å². The summed E-state index contributed by atoms with van der Waals surface area (Å²) in [6, 6.07) is 9.80. The van der Waals surface area contributed by atoms with Gasteiger partial charge in [0.1, 0.15) is 6.61 Å². The van der Waals surface area contributed by atoms with Gasteiger partial charge in [-0.3, -0.25) is 0 Å². The molecule has 0 aliphatic heterocycles. The van der Waals surface area contributed by atoms with Crippen LogP contribution in [0.5, 0.6) is 0 Å². The van der Waals surface area contributed by atoms with Crippen molar-refractivity contribution >= 4 is 12.2 Å². The SMILES string of the molecule is CCOC(=O)c1c(C)[nH]c(C=NOCc2ccccc2)c1C. The third-order valence-electron chi connectivity index (χ3n) is 3.29. The second-order valence-electron chi connectivity index (χ2n) is 4.88. The third-order valence-corrected chi connectivity index (χ3v) is 3.29. The minimum Gasteiger partial charge on any atom is -0.462 e. The Morgan fingerprint density at radius 3 is 2.68 bits per heavy atom. The Balaban J connectivity index is 2.02. The van der Waals surface area contributed by atoms with Crippen molar-refractivity contribution in [3.05, 3.63) is 58.4 Å². The monoisotopic (exact) mass is 300 g/mol. The number of nitrogens with one attached hydrogen (secondary N) is 1. The molecule has 0 fully saturated rings. The number of aromatic amines is 1. The fourth-order valence-electron chi connectivity index (χ4n) is 2.19. The highest BCUT2D eigenvalue weighted by Gasteiger charge is 2.18. The molecule has 116 valence electrons. The van der Waals surface area contributed by atoms with E-state index in [1.54, 1.807) is 13.1 Å². The number of aryl methyl sites for hydroxylation is 1. The summed E-state index contributed by atoms with van der Waals surface area (Å²) >= 11 is 0. The molecular formula is C17H20N2O3. The second kappa shape index (κ2) is 7.45. The highest BCUT2D eigenvalue weighted by molar-refractivity contribution is 5.95. The van der Waals surface area contributed by atoms with Crippen molar-refractivity contribution in [3.8, 4) is 0 Å². The van der Waals surface area contributed by atoms with Gasteiger partial charge in [-0.2, -0.15) is 0 Å². The van der Waals surface area contributed by atoms with Crippen LogP contribution in [0.3, 0.4) is 0 Å². The first-order valence-electron chi connectivity index (χ1n) is 7.19. The number of esters is 1. The van der Waals surface area contributed by atoms with Crippen molar-refractivity contribution in [2.24, 2.45) is 5.16 Å². The van der Waals surface area contributed by atoms with Crippen molar-refractivity contribution in [2.75, 3.05) is 6.61 Å². The lowest BCUT2D eigenvalue weighted by molar-refractivity contribution is 0.0525. The highest BCUT2D eigenvalue weighted by atomic mass is 16.6. The normalized spacial score (nSPS) is 10.9. The van der Waals surface area contributed by atoms with E-state index >= 15 is 0 Å². The van der Waals surface area contributed by atoms with Gasteiger partial charge in [-0.25, -0.2) is 4.79 Å². The van der Waals surface area contributed by atoms with Crippen molar-refractivity contribution in [1.82, 2.24) is 4.98 Å². The molecule has 1 N–H and O–H groups in total. The minimum absolute atomic E-state index is 0.321. The maximum absolute atomic E-state index is 11.9.